The van der Waals surface area contributed by atoms with Gasteiger partial charge in [-0.25, -0.2) is 0 Å². The van der Waals surface area contributed by atoms with Crippen LogP contribution in [-0.4, -0.2) is 48.4 Å². The van der Waals surface area contributed by atoms with E-state index in [0.29, 0.717) is 11.3 Å². The minimum Gasteiger partial charge on any atom is -0.378 e. The van der Waals surface area contributed by atoms with Crippen molar-refractivity contribution in [3.05, 3.63) is 29.8 Å². The van der Waals surface area contributed by atoms with Crippen LogP contribution in [0.5, 0.6) is 0 Å². The second-order valence-corrected chi connectivity index (χ2v) is 8.79. The van der Waals surface area contributed by atoms with Crippen molar-refractivity contribution in [2.75, 3.05) is 31.8 Å². The van der Waals surface area contributed by atoms with E-state index in [1.54, 1.807) is 7.05 Å². The third kappa shape index (κ3) is 6.03. The lowest BCUT2D eigenvalue weighted by molar-refractivity contribution is 0.413. The molecule has 0 aliphatic heterocycles. The summed E-state index contributed by atoms with van der Waals surface area (Å²) < 4.78 is 12.1. The molecule has 0 aromatic heterocycles. The Balaban J connectivity index is 1.88. The number of hydrogen-bond donors (Lipinski definition) is 2. The van der Waals surface area contributed by atoms with Crippen LogP contribution in [0.4, 0.5) is 5.69 Å². The number of nitrogens with one attached hydrogen (secondary N) is 2. The first kappa shape index (κ1) is 19.8. The van der Waals surface area contributed by atoms with E-state index in [4.69, 9.17) is 0 Å². The molecule has 5 nitrogen and oxygen atoms in total. The maximum absolute atomic E-state index is 12.1. The monoisotopic (exact) mass is 364 g/mol. The van der Waals surface area contributed by atoms with Gasteiger partial charge < -0.3 is 15.5 Å². The number of aliphatic imine (C=N–C) groups is 1. The third-order valence-electron chi connectivity index (χ3n) is 4.73. The molecule has 1 aliphatic rings. The Morgan fingerprint density at radius 2 is 2.16 bits per heavy atom. The Morgan fingerprint density at radius 1 is 1.36 bits per heavy atom. The molecule has 3 unspecified atom stereocenters. The first-order valence-corrected chi connectivity index (χ1v) is 10.5. The summed E-state index contributed by atoms with van der Waals surface area (Å²) in [6.45, 7) is 2.74. The Labute approximate surface area is 154 Å². The van der Waals surface area contributed by atoms with Gasteiger partial charge >= 0.3 is 0 Å². The van der Waals surface area contributed by atoms with Gasteiger partial charge in [-0.1, -0.05) is 25.5 Å². The van der Waals surface area contributed by atoms with Gasteiger partial charge in [0, 0.05) is 61.2 Å². The summed E-state index contributed by atoms with van der Waals surface area (Å²) in [6, 6.07) is 8.84. The van der Waals surface area contributed by atoms with E-state index < -0.39 is 10.8 Å². The van der Waals surface area contributed by atoms with Gasteiger partial charge in [-0.15, -0.1) is 0 Å². The molecule has 0 heterocycles. The van der Waals surface area contributed by atoms with E-state index >= 15 is 0 Å². The van der Waals surface area contributed by atoms with Crippen molar-refractivity contribution in [2.24, 2.45) is 4.99 Å². The summed E-state index contributed by atoms with van der Waals surface area (Å²) >= 11 is 0. The molecule has 0 radical (unpaired) electrons. The predicted octanol–water partition coefficient (Wildman–Crippen LogP) is 2.50. The van der Waals surface area contributed by atoms with Gasteiger partial charge in [0.15, 0.2) is 5.96 Å². The van der Waals surface area contributed by atoms with Crippen LogP contribution >= 0.6 is 0 Å². The van der Waals surface area contributed by atoms with Gasteiger partial charge in [0.2, 0.25) is 0 Å². The van der Waals surface area contributed by atoms with Crippen molar-refractivity contribution in [3.8, 4) is 0 Å². The van der Waals surface area contributed by atoms with E-state index in [1.165, 1.54) is 11.3 Å². The largest absolute Gasteiger partial charge is 0.378 e. The molecule has 0 bridgehead atoms. The summed E-state index contributed by atoms with van der Waals surface area (Å²) in [5.74, 6) is 1.58. The zero-order valence-electron chi connectivity index (χ0n) is 15.9. The van der Waals surface area contributed by atoms with E-state index in [-0.39, 0.29) is 0 Å². The average Bonchev–Trinajstić information content (AvgIpc) is 2.64. The molecule has 1 aromatic rings. The zero-order valence-corrected chi connectivity index (χ0v) is 16.7. The van der Waals surface area contributed by atoms with Gasteiger partial charge in [0.1, 0.15) is 0 Å². The first-order chi connectivity index (χ1) is 12.0. The molecule has 1 saturated carbocycles. The Kier molecular flexibility index (Phi) is 7.75. The summed E-state index contributed by atoms with van der Waals surface area (Å²) in [4.78, 5) is 6.46. The fourth-order valence-corrected chi connectivity index (χ4v) is 4.62. The van der Waals surface area contributed by atoms with Crippen molar-refractivity contribution < 1.29 is 4.21 Å². The summed E-state index contributed by atoms with van der Waals surface area (Å²) in [5, 5.41) is 7.24. The normalized spacial score (nSPS) is 22.3. The molecule has 0 saturated heterocycles. The topological polar surface area (TPSA) is 56.7 Å². The van der Waals surface area contributed by atoms with Crippen LogP contribution in [0.15, 0.2) is 29.3 Å². The van der Waals surface area contributed by atoms with Crippen LogP contribution in [0.2, 0.25) is 0 Å². The number of hydrogen-bond acceptors (Lipinski definition) is 3. The molecule has 6 heteroatoms. The highest BCUT2D eigenvalue weighted by molar-refractivity contribution is 7.85. The fraction of sp³-hybridized carbons (Fsp3) is 0.632. The fourth-order valence-electron chi connectivity index (χ4n) is 3.27. The van der Waals surface area contributed by atoms with Crippen LogP contribution in [0.3, 0.4) is 0 Å². The van der Waals surface area contributed by atoms with Gasteiger partial charge in [-0.2, -0.15) is 0 Å². The number of benzene rings is 1. The van der Waals surface area contributed by atoms with Crippen molar-refractivity contribution in [2.45, 2.75) is 50.4 Å². The predicted molar refractivity (Wildman–Crippen MR) is 109 cm³/mol. The van der Waals surface area contributed by atoms with E-state index in [9.17, 15) is 4.21 Å². The highest BCUT2D eigenvalue weighted by Gasteiger charge is 2.25. The van der Waals surface area contributed by atoms with Crippen molar-refractivity contribution >= 4 is 22.4 Å². The van der Waals surface area contributed by atoms with Crippen LogP contribution in [0.25, 0.3) is 0 Å². The summed E-state index contributed by atoms with van der Waals surface area (Å²) in [7, 11) is 5.20. The average molecular weight is 365 g/mol. The molecule has 2 rings (SSSR count). The Hall–Kier alpha value is -1.56. The number of guanidine groups is 1. The molecule has 1 aliphatic carbocycles. The van der Waals surface area contributed by atoms with E-state index in [2.05, 4.69) is 44.8 Å². The molecule has 1 aromatic carbocycles. The summed E-state index contributed by atoms with van der Waals surface area (Å²) in [6.07, 6.45) is 4.31. The lowest BCUT2D eigenvalue weighted by Gasteiger charge is -2.30. The Morgan fingerprint density at radius 3 is 2.84 bits per heavy atom. The maximum atomic E-state index is 12.1. The van der Waals surface area contributed by atoms with Crippen molar-refractivity contribution in [1.29, 1.82) is 0 Å². The molecule has 0 spiro atoms. The van der Waals surface area contributed by atoms with Crippen LogP contribution in [-0.2, 0) is 17.3 Å². The third-order valence-corrected chi connectivity index (χ3v) is 6.47. The molecule has 140 valence electrons. The lowest BCUT2D eigenvalue weighted by atomic mass is 9.95. The van der Waals surface area contributed by atoms with Crippen LogP contribution < -0.4 is 15.5 Å². The second-order valence-electron chi connectivity index (χ2n) is 6.79. The standard InChI is InChI=1S/C19H32N4OS/c1-5-25(24)18-11-7-9-16(13-18)22-19(20-2)21-14-15-8-6-10-17(12-15)23(3)4/h6,8,10,12,16,18H,5,7,9,11,13-14H2,1-4H3,(H2,20,21,22). The quantitative estimate of drug-likeness (QED) is 0.601. The van der Waals surface area contributed by atoms with E-state index in [1.807, 2.05) is 21.0 Å². The highest BCUT2D eigenvalue weighted by atomic mass is 32.2. The molecular weight excluding hydrogens is 332 g/mol. The van der Waals surface area contributed by atoms with Crippen molar-refractivity contribution in [1.82, 2.24) is 10.6 Å². The highest BCUT2D eigenvalue weighted by Crippen LogP contribution is 2.23. The Bertz CT molecular complexity index is 603. The van der Waals surface area contributed by atoms with Crippen molar-refractivity contribution in [3.63, 3.8) is 0 Å². The lowest BCUT2D eigenvalue weighted by Crippen LogP contribution is -2.46. The number of rotatable bonds is 6. The molecule has 25 heavy (non-hydrogen) atoms. The van der Waals surface area contributed by atoms with Gasteiger partial charge in [0.05, 0.1) is 0 Å². The minimum atomic E-state index is -0.696. The smallest absolute Gasteiger partial charge is 0.191 e. The second kappa shape index (κ2) is 9.80. The number of nitrogens with zero attached hydrogens (tertiary/aromatic N) is 2. The molecule has 3 atom stereocenters. The molecule has 0 amide bonds. The van der Waals surface area contributed by atoms with Gasteiger partial charge in [-0.05, 0) is 37.0 Å². The zero-order chi connectivity index (χ0) is 18.2. The van der Waals surface area contributed by atoms with E-state index in [0.717, 1.165) is 43.9 Å². The molecule has 1 fully saturated rings. The van der Waals surface area contributed by atoms with Crippen LogP contribution in [0, 0.1) is 0 Å². The van der Waals surface area contributed by atoms with Gasteiger partial charge in [0.25, 0.3) is 0 Å². The maximum Gasteiger partial charge on any atom is 0.191 e. The molecular formula is C19H32N4OS. The summed E-state index contributed by atoms with van der Waals surface area (Å²) in [5.41, 5.74) is 2.42. The van der Waals surface area contributed by atoms with Crippen LogP contribution in [0.1, 0.15) is 38.2 Å². The SMILES string of the molecule is CCS(=O)C1CCCC(NC(=NC)NCc2cccc(N(C)C)c2)C1. The minimum absolute atomic E-state index is 0.325. The number of anilines is 1. The molecule has 2 N–H and O–H groups in total. The first-order valence-electron chi connectivity index (χ1n) is 9.14. The van der Waals surface area contributed by atoms with Gasteiger partial charge in [-0.3, -0.25) is 9.20 Å².